The molecule has 0 amide bonds. The molecule has 2 rings (SSSR count). The van der Waals surface area contributed by atoms with Crippen LogP contribution in [-0.2, 0) is 23.1 Å². The minimum Gasteiger partial charge on any atom is -0.464 e. The van der Waals surface area contributed by atoms with Crippen LogP contribution < -0.4 is 5.32 Å². The number of hydrogen-bond acceptors (Lipinski definition) is 3. The maximum Gasteiger partial charge on any atom is 0.160 e. The average molecular weight is 313 g/mol. The lowest BCUT2D eigenvalue weighted by molar-refractivity contribution is 0.445. The van der Waals surface area contributed by atoms with Crippen molar-refractivity contribution >= 4 is 10.8 Å². The topological polar surface area (TPSA) is 42.2 Å². The number of benzene rings is 1. The molecule has 1 N–H and O–H groups in total. The molecule has 0 fully saturated rings. The number of rotatable bonds is 6. The van der Waals surface area contributed by atoms with E-state index in [1.807, 2.05) is 19.9 Å². The first kappa shape index (κ1) is 15.9. The fourth-order valence-corrected chi connectivity index (χ4v) is 2.77. The standard InChI is InChI=1S/C15H17F2NO2S/c1-10(2)18-8-11-3-4-12(20-11)9-21(19)13-5-6-14(16)15(17)7-13/h3-7,10,18H,8-9H2,1-2H3. The molecule has 1 atom stereocenters. The molecule has 2 aromatic rings. The first-order valence-electron chi connectivity index (χ1n) is 6.60. The molecule has 1 heterocycles. The maximum absolute atomic E-state index is 13.1. The van der Waals surface area contributed by atoms with E-state index in [0.29, 0.717) is 18.3 Å². The molecular formula is C15H17F2NO2S. The van der Waals surface area contributed by atoms with Gasteiger partial charge in [-0.15, -0.1) is 0 Å². The summed E-state index contributed by atoms with van der Waals surface area (Å²) in [4.78, 5) is 0.243. The highest BCUT2D eigenvalue weighted by Crippen LogP contribution is 2.17. The molecular weight excluding hydrogens is 296 g/mol. The Morgan fingerprint density at radius 1 is 1.14 bits per heavy atom. The third-order valence-electron chi connectivity index (χ3n) is 2.83. The minimum absolute atomic E-state index is 0.132. The van der Waals surface area contributed by atoms with Crippen LogP contribution in [0.1, 0.15) is 25.4 Å². The van der Waals surface area contributed by atoms with Gasteiger partial charge in [0.25, 0.3) is 0 Å². The fraction of sp³-hybridized carbons (Fsp3) is 0.333. The molecule has 0 aliphatic carbocycles. The Hall–Kier alpha value is -1.53. The van der Waals surface area contributed by atoms with Crippen LogP contribution in [0.2, 0.25) is 0 Å². The summed E-state index contributed by atoms with van der Waals surface area (Å²) in [5.74, 6) is -0.509. The average Bonchev–Trinajstić information content (AvgIpc) is 2.87. The van der Waals surface area contributed by atoms with Crippen LogP contribution in [0.25, 0.3) is 0 Å². The highest BCUT2D eigenvalue weighted by Gasteiger charge is 2.11. The van der Waals surface area contributed by atoms with Gasteiger partial charge in [-0.2, -0.15) is 0 Å². The molecule has 21 heavy (non-hydrogen) atoms. The van der Waals surface area contributed by atoms with E-state index in [2.05, 4.69) is 5.32 Å². The quantitative estimate of drug-likeness (QED) is 0.889. The molecule has 1 aromatic carbocycles. The van der Waals surface area contributed by atoms with Crippen molar-refractivity contribution in [1.29, 1.82) is 0 Å². The Bertz CT molecular complexity index is 640. The molecule has 0 saturated carbocycles. The highest BCUT2D eigenvalue weighted by atomic mass is 32.2. The van der Waals surface area contributed by atoms with E-state index in [4.69, 9.17) is 4.42 Å². The van der Waals surface area contributed by atoms with Crippen molar-refractivity contribution < 1.29 is 17.4 Å². The first-order chi connectivity index (χ1) is 9.95. The second-order valence-electron chi connectivity index (χ2n) is 4.97. The van der Waals surface area contributed by atoms with Gasteiger partial charge in [0.2, 0.25) is 0 Å². The summed E-state index contributed by atoms with van der Waals surface area (Å²) in [6, 6.07) is 7.15. The second kappa shape index (κ2) is 6.95. The van der Waals surface area contributed by atoms with Crippen molar-refractivity contribution in [3.63, 3.8) is 0 Å². The molecule has 114 valence electrons. The lowest BCUT2D eigenvalue weighted by Gasteiger charge is -2.05. The Morgan fingerprint density at radius 3 is 2.52 bits per heavy atom. The van der Waals surface area contributed by atoms with E-state index >= 15 is 0 Å². The van der Waals surface area contributed by atoms with E-state index in [9.17, 15) is 13.0 Å². The predicted octanol–water partition coefficient (Wildman–Crippen LogP) is 3.36. The van der Waals surface area contributed by atoms with Crippen molar-refractivity contribution in [2.75, 3.05) is 0 Å². The number of hydrogen-bond donors (Lipinski definition) is 1. The fourth-order valence-electron chi connectivity index (χ4n) is 1.73. The third kappa shape index (κ3) is 4.47. The SMILES string of the molecule is CC(C)NCc1ccc(CS(=O)c2ccc(F)c(F)c2)o1. The molecule has 1 unspecified atom stereocenters. The van der Waals surface area contributed by atoms with Gasteiger partial charge in [-0.1, -0.05) is 13.8 Å². The van der Waals surface area contributed by atoms with Crippen LogP contribution >= 0.6 is 0 Å². The van der Waals surface area contributed by atoms with E-state index < -0.39 is 22.4 Å². The number of nitrogens with one attached hydrogen (secondary N) is 1. The third-order valence-corrected chi connectivity index (χ3v) is 4.16. The smallest absolute Gasteiger partial charge is 0.160 e. The summed E-state index contributed by atoms with van der Waals surface area (Å²) < 4.78 is 43.6. The van der Waals surface area contributed by atoms with Gasteiger partial charge < -0.3 is 9.73 Å². The molecule has 0 aliphatic rings. The van der Waals surface area contributed by atoms with Gasteiger partial charge in [0, 0.05) is 10.9 Å². The Balaban J connectivity index is 2.00. The molecule has 3 nitrogen and oxygen atoms in total. The van der Waals surface area contributed by atoms with Gasteiger partial charge in [0.1, 0.15) is 11.5 Å². The van der Waals surface area contributed by atoms with Crippen LogP contribution in [0.3, 0.4) is 0 Å². The van der Waals surface area contributed by atoms with Crippen LogP contribution in [0, 0.1) is 11.6 Å². The van der Waals surface area contributed by atoms with Crippen LogP contribution in [0.5, 0.6) is 0 Å². The van der Waals surface area contributed by atoms with Crippen molar-refractivity contribution in [1.82, 2.24) is 5.32 Å². The van der Waals surface area contributed by atoms with E-state index in [1.165, 1.54) is 6.07 Å². The van der Waals surface area contributed by atoms with Crippen LogP contribution in [0.4, 0.5) is 8.78 Å². The minimum atomic E-state index is -1.47. The van der Waals surface area contributed by atoms with Gasteiger partial charge in [-0.05, 0) is 30.3 Å². The summed E-state index contributed by atoms with van der Waals surface area (Å²) in [5, 5.41) is 3.21. The van der Waals surface area contributed by atoms with E-state index in [-0.39, 0.29) is 10.6 Å². The molecule has 0 spiro atoms. The van der Waals surface area contributed by atoms with Crippen molar-refractivity contribution in [2.24, 2.45) is 0 Å². The Kier molecular flexibility index (Phi) is 5.25. The first-order valence-corrected chi connectivity index (χ1v) is 7.92. The second-order valence-corrected chi connectivity index (χ2v) is 6.42. The largest absolute Gasteiger partial charge is 0.464 e. The number of halogens is 2. The van der Waals surface area contributed by atoms with E-state index in [0.717, 1.165) is 17.9 Å². The van der Waals surface area contributed by atoms with Gasteiger partial charge in [-0.3, -0.25) is 4.21 Å². The summed E-state index contributed by atoms with van der Waals surface area (Å²) >= 11 is 0. The van der Waals surface area contributed by atoms with E-state index in [1.54, 1.807) is 6.07 Å². The van der Waals surface area contributed by atoms with Gasteiger partial charge in [0.05, 0.1) is 23.1 Å². The summed E-state index contributed by atoms with van der Waals surface area (Å²) in [6.07, 6.45) is 0. The van der Waals surface area contributed by atoms with Crippen LogP contribution in [-0.4, -0.2) is 10.3 Å². The monoisotopic (exact) mass is 313 g/mol. The molecule has 6 heteroatoms. The zero-order valence-electron chi connectivity index (χ0n) is 11.9. The van der Waals surface area contributed by atoms with Gasteiger partial charge >= 0.3 is 0 Å². The molecule has 0 aliphatic heterocycles. The lowest BCUT2D eigenvalue weighted by Crippen LogP contribution is -2.21. The highest BCUT2D eigenvalue weighted by molar-refractivity contribution is 7.84. The molecule has 0 bridgehead atoms. The lowest BCUT2D eigenvalue weighted by atomic mass is 10.3. The zero-order chi connectivity index (χ0) is 15.4. The Morgan fingerprint density at radius 2 is 1.86 bits per heavy atom. The van der Waals surface area contributed by atoms with Crippen molar-refractivity contribution in [2.45, 2.75) is 37.1 Å². The number of furan rings is 1. The predicted molar refractivity (Wildman–Crippen MR) is 77.2 cm³/mol. The molecule has 0 radical (unpaired) electrons. The summed E-state index contributed by atoms with van der Waals surface area (Å²) in [6.45, 7) is 4.65. The normalized spacial score (nSPS) is 12.8. The zero-order valence-corrected chi connectivity index (χ0v) is 12.7. The van der Waals surface area contributed by atoms with Crippen molar-refractivity contribution in [3.8, 4) is 0 Å². The molecule has 0 saturated heterocycles. The van der Waals surface area contributed by atoms with Crippen molar-refractivity contribution in [3.05, 3.63) is 53.5 Å². The molecule has 1 aromatic heterocycles. The van der Waals surface area contributed by atoms with Gasteiger partial charge in [-0.25, -0.2) is 8.78 Å². The van der Waals surface area contributed by atoms with Crippen LogP contribution in [0.15, 0.2) is 39.6 Å². The van der Waals surface area contributed by atoms with Gasteiger partial charge in [0.15, 0.2) is 11.6 Å². The summed E-state index contributed by atoms with van der Waals surface area (Å²) in [5.41, 5.74) is 0. The summed E-state index contributed by atoms with van der Waals surface area (Å²) in [7, 11) is -1.47. The maximum atomic E-state index is 13.1. The Labute approximate surface area is 124 Å².